The smallest absolute Gasteiger partial charge is 0.162 e. The normalized spacial score (nSPS) is 15.1. The molecular weight excluding hydrogens is 325 g/mol. The van der Waals surface area contributed by atoms with Crippen LogP contribution in [0.3, 0.4) is 0 Å². The number of rotatable bonds is 6. The molecule has 1 aliphatic heterocycles. The number of hydrogen-bond acceptors (Lipinski definition) is 2. The molecule has 0 N–H and O–H groups in total. The number of carbonyl (C=O) groups excluding carboxylic acids is 1. The number of halogens is 1. The van der Waals surface area contributed by atoms with Crippen LogP contribution in [0.5, 0.6) is 0 Å². The van der Waals surface area contributed by atoms with Crippen molar-refractivity contribution in [3.05, 3.63) is 76.6 Å². The minimum atomic E-state index is -0.302. The van der Waals surface area contributed by atoms with Crippen LogP contribution in [-0.4, -0.2) is 30.3 Å². The van der Waals surface area contributed by atoms with E-state index in [4.69, 9.17) is 0 Å². The highest BCUT2D eigenvalue weighted by atomic mass is 19.1. The van der Waals surface area contributed by atoms with Crippen molar-refractivity contribution in [3.63, 3.8) is 0 Å². The Hall–Kier alpha value is -2.26. The lowest BCUT2D eigenvalue weighted by atomic mass is 10.00. The number of ketones is 1. The van der Waals surface area contributed by atoms with Crippen molar-refractivity contribution in [1.82, 2.24) is 4.90 Å². The predicted octanol–water partition coefficient (Wildman–Crippen LogP) is 5.28. The molecule has 0 bridgehead atoms. The van der Waals surface area contributed by atoms with Gasteiger partial charge in [-0.1, -0.05) is 41.5 Å². The highest BCUT2D eigenvalue weighted by Gasteiger charge is 2.14. The zero-order valence-electron chi connectivity index (χ0n) is 15.4. The van der Waals surface area contributed by atoms with Gasteiger partial charge in [0.2, 0.25) is 0 Å². The molecule has 0 saturated carbocycles. The fraction of sp³-hybridized carbons (Fsp3) is 0.348. The topological polar surface area (TPSA) is 20.3 Å². The van der Waals surface area contributed by atoms with Gasteiger partial charge in [0.25, 0.3) is 0 Å². The summed E-state index contributed by atoms with van der Waals surface area (Å²) in [7, 11) is 0. The maximum atomic E-state index is 12.9. The number of carbonyl (C=O) groups is 1. The Kier molecular flexibility index (Phi) is 6.35. The first kappa shape index (κ1) is 18.5. The van der Waals surface area contributed by atoms with Gasteiger partial charge >= 0.3 is 0 Å². The molecule has 0 atom stereocenters. The van der Waals surface area contributed by atoms with Crippen molar-refractivity contribution in [3.8, 4) is 0 Å². The molecule has 1 fully saturated rings. The van der Waals surface area contributed by atoms with Gasteiger partial charge < -0.3 is 4.90 Å². The highest BCUT2D eigenvalue weighted by Crippen LogP contribution is 2.20. The highest BCUT2D eigenvalue weighted by molar-refractivity contribution is 5.95. The Morgan fingerprint density at radius 3 is 2.35 bits per heavy atom. The minimum absolute atomic E-state index is 0.0990. The van der Waals surface area contributed by atoms with Gasteiger partial charge in [-0.15, -0.1) is 0 Å². The van der Waals surface area contributed by atoms with Crippen molar-refractivity contribution in [2.75, 3.05) is 19.6 Å². The van der Waals surface area contributed by atoms with Crippen LogP contribution in [0.1, 0.15) is 47.2 Å². The first-order chi connectivity index (χ1) is 12.6. The van der Waals surface area contributed by atoms with Crippen molar-refractivity contribution in [2.24, 2.45) is 0 Å². The van der Waals surface area contributed by atoms with Crippen molar-refractivity contribution < 1.29 is 9.18 Å². The zero-order chi connectivity index (χ0) is 18.4. The first-order valence-electron chi connectivity index (χ1n) is 9.37. The summed E-state index contributed by atoms with van der Waals surface area (Å²) in [5.41, 5.74) is 4.68. The molecule has 0 radical (unpaired) electrons. The molecule has 1 heterocycles. The number of benzene rings is 2. The molecule has 2 aromatic rings. The van der Waals surface area contributed by atoms with Gasteiger partial charge in [-0.2, -0.15) is 0 Å². The SMILES string of the molecule is Cc1ccc(C=C2CCN(CCCC(=O)c3ccc(F)cc3)CC2)cc1. The van der Waals surface area contributed by atoms with E-state index in [2.05, 4.69) is 42.2 Å². The molecule has 26 heavy (non-hydrogen) atoms. The second-order valence-corrected chi connectivity index (χ2v) is 7.09. The van der Waals surface area contributed by atoms with Gasteiger partial charge in [-0.3, -0.25) is 4.79 Å². The largest absolute Gasteiger partial charge is 0.303 e. The Balaban J connectivity index is 1.40. The summed E-state index contributed by atoms with van der Waals surface area (Å²) in [4.78, 5) is 14.6. The summed E-state index contributed by atoms with van der Waals surface area (Å²) >= 11 is 0. The van der Waals surface area contributed by atoms with E-state index in [1.807, 2.05) is 0 Å². The molecule has 3 heteroatoms. The van der Waals surface area contributed by atoms with Crippen molar-refractivity contribution in [2.45, 2.75) is 32.6 Å². The van der Waals surface area contributed by atoms with Crippen molar-refractivity contribution in [1.29, 1.82) is 0 Å². The van der Waals surface area contributed by atoms with E-state index in [9.17, 15) is 9.18 Å². The van der Waals surface area contributed by atoms with Gasteiger partial charge in [0.1, 0.15) is 5.82 Å². The Bertz CT molecular complexity index is 752. The van der Waals surface area contributed by atoms with Crippen LogP contribution < -0.4 is 0 Å². The van der Waals surface area contributed by atoms with E-state index in [1.165, 1.54) is 28.8 Å². The summed E-state index contributed by atoms with van der Waals surface area (Å²) in [6, 6.07) is 14.5. The number of likely N-dealkylation sites (tertiary alicyclic amines) is 1. The molecule has 1 aliphatic rings. The van der Waals surface area contributed by atoms with Crippen LogP contribution in [0.2, 0.25) is 0 Å². The van der Waals surface area contributed by atoms with Crippen LogP contribution in [-0.2, 0) is 0 Å². The molecular formula is C23H26FNO. The number of hydrogen-bond donors (Lipinski definition) is 0. The van der Waals surface area contributed by atoms with Gasteiger partial charge in [0.15, 0.2) is 5.78 Å². The van der Waals surface area contributed by atoms with Crippen LogP contribution in [0.15, 0.2) is 54.1 Å². The lowest BCUT2D eigenvalue weighted by Crippen LogP contribution is -2.31. The Morgan fingerprint density at radius 2 is 1.69 bits per heavy atom. The number of aryl methyl sites for hydroxylation is 1. The van der Waals surface area contributed by atoms with E-state index in [0.29, 0.717) is 12.0 Å². The van der Waals surface area contributed by atoms with E-state index < -0.39 is 0 Å². The average Bonchev–Trinajstić information content (AvgIpc) is 2.65. The molecule has 0 aliphatic carbocycles. The van der Waals surface area contributed by atoms with E-state index in [1.54, 1.807) is 12.1 Å². The Morgan fingerprint density at radius 1 is 1.04 bits per heavy atom. The number of piperidine rings is 1. The molecule has 0 amide bonds. The second kappa shape index (κ2) is 8.91. The lowest BCUT2D eigenvalue weighted by molar-refractivity contribution is 0.0974. The van der Waals surface area contributed by atoms with Gasteiger partial charge in [0, 0.05) is 25.1 Å². The fourth-order valence-electron chi connectivity index (χ4n) is 3.35. The van der Waals surface area contributed by atoms with E-state index >= 15 is 0 Å². The first-order valence-corrected chi connectivity index (χ1v) is 9.37. The minimum Gasteiger partial charge on any atom is -0.303 e. The maximum Gasteiger partial charge on any atom is 0.162 e. The summed E-state index contributed by atoms with van der Waals surface area (Å²) in [6.07, 6.45) is 5.88. The fourth-order valence-corrected chi connectivity index (χ4v) is 3.35. The summed E-state index contributed by atoms with van der Waals surface area (Å²) in [5.74, 6) is -0.202. The van der Waals surface area contributed by atoms with Gasteiger partial charge in [-0.25, -0.2) is 4.39 Å². The quantitative estimate of drug-likeness (QED) is 0.660. The monoisotopic (exact) mass is 351 g/mol. The molecule has 0 spiro atoms. The van der Waals surface area contributed by atoms with Crippen LogP contribution in [0, 0.1) is 12.7 Å². The third-order valence-corrected chi connectivity index (χ3v) is 4.99. The second-order valence-electron chi connectivity index (χ2n) is 7.09. The number of nitrogens with zero attached hydrogens (tertiary/aromatic N) is 1. The van der Waals surface area contributed by atoms with Gasteiger partial charge in [-0.05, 0) is 62.6 Å². The predicted molar refractivity (Wildman–Crippen MR) is 105 cm³/mol. The summed E-state index contributed by atoms with van der Waals surface area (Å²) in [6.45, 7) is 5.17. The molecule has 0 unspecified atom stereocenters. The van der Waals surface area contributed by atoms with Crippen molar-refractivity contribution >= 4 is 11.9 Å². The zero-order valence-corrected chi connectivity index (χ0v) is 15.4. The third-order valence-electron chi connectivity index (χ3n) is 4.99. The summed E-state index contributed by atoms with van der Waals surface area (Å²) < 4.78 is 12.9. The van der Waals surface area contributed by atoms with E-state index in [-0.39, 0.29) is 11.6 Å². The molecule has 0 aromatic heterocycles. The number of Topliss-reactive ketones (excluding diaryl/α,β-unsaturated/α-hetero) is 1. The van der Waals surface area contributed by atoms with Crippen LogP contribution >= 0.6 is 0 Å². The van der Waals surface area contributed by atoms with Crippen LogP contribution in [0.25, 0.3) is 6.08 Å². The van der Waals surface area contributed by atoms with E-state index in [0.717, 1.165) is 38.9 Å². The molecule has 2 nitrogen and oxygen atoms in total. The summed E-state index contributed by atoms with van der Waals surface area (Å²) in [5, 5.41) is 0. The van der Waals surface area contributed by atoms with Gasteiger partial charge in [0.05, 0.1) is 0 Å². The third kappa shape index (κ3) is 5.37. The standard InChI is InChI=1S/C23H26FNO/c1-18-4-6-19(7-5-18)17-20-12-15-25(16-13-20)14-2-3-23(26)21-8-10-22(24)11-9-21/h4-11,17H,2-3,12-16H2,1H3. The average molecular weight is 351 g/mol. The molecule has 136 valence electrons. The Labute approximate surface area is 155 Å². The molecule has 2 aromatic carbocycles. The molecule has 1 saturated heterocycles. The lowest BCUT2D eigenvalue weighted by Gasteiger charge is -2.28. The van der Waals surface area contributed by atoms with Crippen LogP contribution in [0.4, 0.5) is 4.39 Å². The maximum absolute atomic E-state index is 12.9. The molecule has 3 rings (SSSR count).